The van der Waals surface area contributed by atoms with Crippen LogP contribution in [0.25, 0.3) is 0 Å². The van der Waals surface area contributed by atoms with Gasteiger partial charge < -0.3 is 9.62 Å². The topological polar surface area (TPSA) is 58.6 Å². The Kier molecular flexibility index (Phi) is 4.34. The minimum Gasteiger partial charge on any atom is -0.446 e. The van der Waals surface area contributed by atoms with Gasteiger partial charge in [-0.15, -0.1) is 5.16 Å². The fourth-order valence-electron chi connectivity index (χ4n) is 1.61. The summed E-state index contributed by atoms with van der Waals surface area (Å²) in [5.74, 6) is 2.16. The van der Waals surface area contributed by atoms with E-state index in [4.69, 9.17) is 9.62 Å². The summed E-state index contributed by atoms with van der Waals surface area (Å²) in [6, 6.07) is 0. The summed E-state index contributed by atoms with van der Waals surface area (Å²) in [5, 5.41) is 11.2. The lowest BCUT2D eigenvalue weighted by molar-refractivity contribution is 0.320. The SMILES string of the molecule is Cc1nc(CC(C)CCC=NO)c(C)o1. The van der Waals surface area contributed by atoms with Gasteiger partial charge in [-0.1, -0.05) is 6.92 Å². The van der Waals surface area contributed by atoms with E-state index in [2.05, 4.69) is 17.1 Å². The molecule has 1 unspecified atom stereocenters. The molecule has 0 spiro atoms. The Morgan fingerprint density at radius 1 is 1.53 bits per heavy atom. The third-order valence-electron chi connectivity index (χ3n) is 2.41. The third-order valence-corrected chi connectivity index (χ3v) is 2.41. The van der Waals surface area contributed by atoms with Crippen LogP contribution >= 0.6 is 0 Å². The highest BCUT2D eigenvalue weighted by Gasteiger charge is 2.10. The second-order valence-corrected chi connectivity index (χ2v) is 3.92. The van der Waals surface area contributed by atoms with Crippen LogP contribution in [0.1, 0.15) is 37.1 Å². The van der Waals surface area contributed by atoms with Crippen LogP contribution in [-0.2, 0) is 6.42 Å². The first-order chi connectivity index (χ1) is 7.13. The average molecular weight is 210 g/mol. The van der Waals surface area contributed by atoms with E-state index in [1.165, 1.54) is 6.21 Å². The summed E-state index contributed by atoms with van der Waals surface area (Å²) in [6.45, 7) is 5.96. The van der Waals surface area contributed by atoms with Crippen molar-refractivity contribution in [2.75, 3.05) is 0 Å². The van der Waals surface area contributed by atoms with Crippen molar-refractivity contribution >= 4 is 6.21 Å². The van der Waals surface area contributed by atoms with E-state index in [1.807, 2.05) is 13.8 Å². The summed E-state index contributed by atoms with van der Waals surface area (Å²) in [4.78, 5) is 4.33. The first-order valence-electron chi connectivity index (χ1n) is 5.22. The highest BCUT2D eigenvalue weighted by Crippen LogP contribution is 2.16. The van der Waals surface area contributed by atoms with Crippen LogP contribution in [0.15, 0.2) is 9.57 Å². The lowest BCUT2D eigenvalue weighted by atomic mass is 10.00. The maximum atomic E-state index is 8.26. The zero-order valence-electron chi connectivity index (χ0n) is 9.53. The molecule has 0 aliphatic rings. The fraction of sp³-hybridized carbons (Fsp3) is 0.636. The molecule has 1 N–H and O–H groups in total. The fourth-order valence-corrected chi connectivity index (χ4v) is 1.61. The summed E-state index contributed by atoms with van der Waals surface area (Å²) in [6.07, 6.45) is 4.24. The lowest BCUT2D eigenvalue weighted by Gasteiger charge is -2.07. The number of nitrogens with zero attached hydrogens (tertiary/aromatic N) is 2. The maximum absolute atomic E-state index is 8.26. The summed E-state index contributed by atoms with van der Waals surface area (Å²) < 4.78 is 5.36. The monoisotopic (exact) mass is 210 g/mol. The van der Waals surface area contributed by atoms with Crippen molar-refractivity contribution in [2.45, 2.75) is 40.0 Å². The van der Waals surface area contributed by atoms with Crippen molar-refractivity contribution in [3.63, 3.8) is 0 Å². The minimum atomic E-state index is 0.520. The highest BCUT2D eigenvalue weighted by molar-refractivity contribution is 5.55. The van der Waals surface area contributed by atoms with Crippen molar-refractivity contribution in [3.8, 4) is 0 Å². The Morgan fingerprint density at radius 2 is 2.27 bits per heavy atom. The Bertz CT molecular complexity index is 331. The van der Waals surface area contributed by atoms with Crippen molar-refractivity contribution in [1.82, 2.24) is 4.98 Å². The summed E-state index contributed by atoms with van der Waals surface area (Å²) in [7, 11) is 0. The van der Waals surface area contributed by atoms with Gasteiger partial charge in [-0.25, -0.2) is 4.98 Å². The Hall–Kier alpha value is -1.32. The molecule has 0 radical (unpaired) electrons. The second-order valence-electron chi connectivity index (χ2n) is 3.92. The molecule has 4 heteroatoms. The summed E-state index contributed by atoms with van der Waals surface area (Å²) in [5.41, 5.74) is 1.04. The molecule has 0 bridgehead atoms. The first kappa shape index (κ1) is 11.8. The van der Waals surface area contributed by atoms with E-state index in [0.29, 0.717) is 5.92 Å². The normalized spacial score (nSPS) is 13.5. The molecule has 1 atom stereocenters. The molecule has 84 valence electrons. The molecule has 1 heterocycles. The molecule has 0 saturated heterocycles. The molecular formula is C11H18N2O2. The van der Waals surface area contributed by atoms with Gasteiger partial charge in [-0.3, -0.25) is 0 Å². The number of rotatable bonds is 5. The standard InChI is InChI=1S/C11H18N2O2/c1-8(5-4-6-12-14)7-11-9(2)15-10(3)13-11/h6,8,14H,4-5,7H2,1-3H3. The van der Waals surface area contributed by atoms with Crippen molar-refractivity contribution in [1.29, 1.82) is 0 Å². The first-order valence-corrected chi connectivity index (χ1v) is 5.22. The van der Waals surface area contributed by atoms with E-state index in [1.54, 1.807) is 0 Å². The molecule has 1 rings (SSSR count). The average Bonchev–Trinajstić information content (AvgIpc) is 2.45. The number of aryl methyl sites for hydroxylation is 2. The van der Waals surface area contributed by atoms with E-state index < -0.39 is 0 Å². The smallest absolute Gasteiger partial charge is 0.191 e. The van der Waals surface area contributed by atoms with Gasteiger partial charge in [-0.2, -0.15) is 0 Å². The zero-order chi connectivity index (χ0) is 11.3. The Balaban J connectivity index is 2.43. The van der Waals surface area contributed by atoms with Crippen LogP contribution in [0.5, 0.6) is 0 Å². The zero-order valence-corrected chi connectivity index (χ0v) is 9.53. The molecule has 1 aromatic heterocycles. The van der Waals surface area contributed by atoms with E-state index in [-0.39, 0.29) is 0 Å². The van der Waals surface area contributed by atoms with Gasteiger partial charge in [0.15, 0.2) is 5.89 Å². The van der Waals surface area contributed by atoms with Crippen LogP contribution in [0.4, 0.5) is 0 Å². The molecule has 0 aromatic carbocycles. The quantitative estimate of drug-likeness (QED) is 0.462. The molecule has 0 fully saturated rings. The van der Waals surface area contributed by atoms with Crippen LogP contribution in [0.2, 0.25) is 0 Å². The molecular weight excluding hydrogens is 192 g/mol. The van der Waals surface area contributed by atoms with Gasteiger partial charge in [0, 0.05) is 13.1 Å². The largest absolute Gasteiger partial charge is 0.446 e. The van der Waals surface area contributed by atoms with Crippen LogP contribution < -0.4 is 0 Å². The van der Waals surface area contributed by atoms with E-state index in [9.17, 15) is 0 Å². The predicted octanol–water partition coefficient (Wildman–Crippen LogP) is 2.71. The lowest BCUT2D eigenvalue weighted by Crippen LogP contribution is -2.01. The van der Waals surface area contributed by atoms with Crippen LogP contribution in [-0.4, -0.2) is 16.4 Å². The predicted molar refractivity (Wildman–Crippen MR) is 58.4 cm³/mol. The Labute approximate surface area is 90.0 Å². The van der Waals surface area contributed by atoms with Gasteiger partial charge in [0.25, 0.3) is 0 Å². The maximum Gasteiger partial charge on any atom is 0.191 e. The number of oxime groups is 1. The van der Waals surface area contributed by atoms with Gasteiger partial charge >= 0.3 is 0 Å². The van der Waals surface area contributed by atoms with Gasteiger partial charge in [0.05, 0.1) is 5.69 Å². The van der Waals surface area contributed by atoms with Crippen molar-refractivity contribution < 1.29 is 9.62 Å². The second kappa shape index (κ2) is 5.53. The van der Waals surface area contributed by atoms with E-state index >= 15 is 0 Å². The van der Waals surface area contributed by atoms with Crippen LogP contribution in [0.3, 0.4) is 0 Å². The Morgan fingerprint density at radius 3 is 2.80 bits per heavy atom. The number of hydrogen-bond donors (Lipinski definition) is 1. The highest BCUT2D eigenvalue weighted by atomic mass is 16.4. The van der Waals surface area contributed by atoms with Gasteiger partial charge in [0.1, 0.15) is 5.76 Å². The summed E-state index contributed by atoms with van der Waals surface area (Å²) >= 11 is 0. The molecule has 1 aromatic rings. The molecule has 4 nitrogen and oxygen atoms in total. The number of aromatic nitrogens is 1. The molecule has 0 aliphatic heterocycles. The van der Waals surface area contributed by atoms with Crippen LogP contribution in [0, 0.1) is 19.8 Å². The van der Waals surface area contributed by atoms with Crippen molar-refractivity contribution in [3.05, 3.63) is 17.3 Å². The van der Waals surface area contributed by atoms with Crippen molar-refractivity contribution in [2.24, 2.45) is 11.1 Å². The molecule has 15 heavy (non-hydrogen) atoms. The molecule has 0 aliphatic carbocycles. The number of hydrogen-bond acceptors (Lipinski definition) is 4. The minimum absolute atomic E-state index is 0.520. The van der Waals surface area contributed by atoms with Gasteiger partial charge in [0.2, 0.25) is 0 Å². The molecule has 0 amide bonds. The third kappa shape index (κ3) is 3.73. The number of oxazole rings is 1. The van der Waals surface area contributed by atoms with E-state index in [0.717, 1.165) is 36.6 Å². The van der Waals surface area contributed by atoms with Gasteiger partial charge in [-0.05, 0) is 32.1 Å². The molecule has 0 saturated carbocycles.